The minimum Gasteiger partial charge on any atom is -0.508 e. The van der Waals surface area contributed by atoms with Crippen LogP contribution in [0.5, 0.6) is 11.5 Å². The normalized spacial score (nSPS) is 26.2. The SMILES string of the molecule is CC1=CC(=O)C2=C(C1=O)[C@@H](c1cc(OC(F)(F)F)ccc1O)C1=CC[C@@H]3C(=O)N(c4ccccc4)C(=O)[C@@H]3[C@@H]1C2. The third-order valence-electron chi connectivity index (χ3n) is 8.12. The van der Waals surface area contributed by atoms with Gasteiger partial charge >= 0.3 is 6.36 Å². The molecule has 2 aromatic carbocycles. The van der Waals surface area contributed by atoms with E-state index >= 15 is 0 Å². The number of benzene rings is 2. The van der Waals surface area contributed by atoms with E-state index in [0.29, 0.717) is 11.3 Å². The number of imide groups is 1. The first kappa shape index (κ1) is 25.8. The Labute approximate surface area is 226 Å². The number of ether oxygens (including phenoxy) is 1. The Bertz CT molecular complexity index is 1590. The van der Waals surface area contributed by atoms with Gasteiger partial charge in [-0.3, -0.25) is 24.1 Å². The van der Waals surface area contributed by atoms with Gasteiger partial charge in [0.05, 0.1) is 17.5 Å². The first-order valence-electron chi connectivity index (χ1n) is 12.7. The summed E-state index contributed by atoms with van der Waals surface area (Å²) in [5, 5.41) is 10.8. The zero-order valence-corrected chi connectivity index (χ0v) is 21.1. The zero-order valence-electron chi connectivity index (χ0n) is 21.1. The van der Waals surface area contributed by atoms with Crippen LogP contribution in [0.15, 0.2) is 83.0 Å². The van der Waals surface area contributed by atoms with Gasteiger partial charge in [0.15, 0.2) is 11.6 Å². The molecular formula is C30H22F3NO6. The highest BCUT2D eigenvalue weighted by Crippen LogP contribution is 2.56. The molecule has 0 spiro atoms. The number of hydrogen-bond acceptors (Lipinski definition) is 6. The molecule has 6 rings (SSSR count). The maximum atomic E-state index is 13.8. The molecule has 1 heterocycles. The molecule has 0 saturated carbocycles. The van der Waals surface area contributed by atoms with Gasteiger partial charge in [0.2, 0.25) is 11.8 Å². The molecule has 2 aromatic rings. The van der Waals surface area contributed by atoms with E-state index in [1.807, 2.05) is 0 Å². The lowest BCUT2D eigenvalue weighted by atomic mass is 9.59. The van der Waals surface area contributed by atoms with E-state index in [-0.39, 0.29) is 41.0 Å². The molecule has 2 amide bonds. The third-order valence-corrected chi connectivity index (χ3v) is 8.12. The smallest absolute Gasteiger partial charge is 0.508 e. The second-order valence-electron chi connectivity index (χ2n) is 10.3. The summed E-state index contributed by atoms with van der Waals surface area (Å²) in [5.41, 5.74) is 1.21. The van der Waals surface area contributed by atoms with Crippen LogP contribution < -0.4 is 9.64 Å². The Morgan fingerprint density at radius 2 is 1.70 bits per heavy atom. The van der Waals surface area contributed by atoms with E-state index in [2.05, 4.69) is 4.74 Å². The largest absolute Gasteiger partial charge is 0.573 e. The molecule has 1 N–H and O–H groups in total. The number of amides is 2. The van der Waals surface area contributed by atoms with Gasteiger partial charge in [-0.2, -0.15) is 0 Å². The van der Waals surface area contributed by atoms with Gasteiger partial charge in [-0.1, -0.05) is 29.8 Å². The molecule has 1 fully saturated rings. The third kappa shape index (κ3) is 3.97. The van der Waals surface area contributed by atoms with Gasteiger partial charge in [0.25, 0.3) is 0 Å². The van der Waals surface area contributed by atoms with Crippen LogP contribution in [-0.4, -0.2) is 34.8 Å². The highest BCUT2D eigenvalue weighted by Gasteiger charge is 2.56. The molecule has 0 aromatic heterocycles. The van der Waals surface area contributed by atoms with Crippen molar-refractivity contribution in [3.63, 3.8) is 0 Å². The number of nitrogens with zero attached hydrogens (tertiary/aromatic N) is 1. The zero-order chi connectivity index (χ0) is 28.5. The highest BCUT2D eigenvalue weighted by atomic mass is 19.4. The number of allylic oxidation sites excluding steroid dienone is 6. The van der Waals surface area contributed by atoms with Crippen molar-refractivity contribution in [3.05, 3.63) is 88.5 Å². The number of Topliss-reactive ketones (excluding diaryl/α,β-unsaturated/α-hetero) is 1. The molecule has 3 aliphatic carbocycles. The van der Waals surface area contributed by atoms with Gasteiger partial charge in [-0.05, 0) is 62.1 Å². The predicted molar refractivity (Wildman–Crippen MR) is 135 cm³/mol. The van der Waals surface area contributed by atoms with Crippen LogP contribution in [0.25, 0.3) is 0 Å². The van der Waals surface area contributed by atoms with Crippen molar-refractivity contribution < 1.29 is 42.2 Å². The second-order valence-corrected chi connectivity index (χ2v) is 10.3. The number of aromatic hydroxyl groups is 1. The van der Waals surface area contributed by atoms with Crippen LogP contribution in [0.4, 0.5) is 18.9 Å². The van der Waals surface area contributed by atoms with Crippen LogP contribution >= 0.6 is 0 Å². The summed E-state index contributed by atoms with van der Waals surface area (Å²) < 4.78 is 43.2. The fourth-order valence-electron chi connectivity index (χ4n) is 6.51. The highest BCUT2D eigenvalue weighted by molar-refractivity contribution is 6.25. The first-order valence-corrected chi connectivity index (χ1v) is 12.7. The summed E-state index contributed by atoms with van der Waals surface area (Å²) in [6.45, 7) is 1.47. The summed E-state index contributed by atoms with van der Waals surface area (Å²) >= 11 is 0. The van der Waals surface area contributed by atoms with Crippen molar-refractivity contribution in [2.24, 2.45) is 17.8 Å². The molecule has 0 radical (unpaired) electrons. The molecule has 7 nitrogen and oxygen atoms in total. The predicted octanol–water partition coefficient (Wildman–Crippen LogP) is 4.92. The number of alkyl halides is 3. The summed E-state index contributed by atoms with van der Waals surface area (Å²) in [6, 6.07) is 11.4. The van der Waals surface area contributed by atoms with Crippen LogP contribution in [0.2, 0.25) is 0 Å². The Balaban J connectivity index is 1.50. The average molecular weight is 550 g/mol. The van der Waals surface area contributed by atoms with E-state index in [9.17, 15) is 37.5 Å². The van der Waals surface area contributed by atoms with E-state index < -0.39 is 59.0 Å². The number of fused-ring (bicyclic) bond motifs is 3. The Morgan fingerprint density at radius 3 is 2.40 bits per heavy atom. The summed E-state index contributed by atoms with van der Waals surface area (Å²) in [4.78, 5) is 55.0. The molecule has 1 aliphatic heterocycles. The van der Waals surface area contributed by atoms with Gasteiger partial charge in [-0.15, -0.1) is 13.2 Å². The van der Waals surface area contributed by atoms with Gasteiger partial charge in [-0.25, -0.2) is 0 Å². The maximum absolute atomic E-state index is 13.8. The maximum Gasteiger partial charge on any atom is 0.573 e. The fourth-order valence-corrected chi connectivity index (χ4v) is 6.51. The Kier molecular flexibility index (Phi) is 5.83. The fraction of sp³-hybridized carbons (Fsp3) is 0.267. The molecule has 1 saturated heterocycles. The van der Waals surface area contributed by atoms with Crippen molar-refractivity contribution in [2.45, 2.75) is 32.0 Å². The van der Waals surface area contributed by atoms with E-state index in [1.54, 1.807) is 36.4 Å². The number of carbonyl (C=O) groups is 4. The number of ketones is 2. The first-order chi connectivity index (χ1) is 19.0. The number of para-hydroxylation sites is 1. The number of rotatable bonds is 3. The van der Waals surface area contributed by atoms with E-state index in [0.717, 1.165) is 23.1 Å². The number of phenolic OH excluding ortho intramolecular Hbond substituents is 1. The molecule has 4 atom stereocenters. The van der Waals surface area contributed by atoms with Crippen LogP contribution in [0, 0.1) is 17.8 Å². The summed E-state index contributed by atoms with van der Waals surface area (Å²) in [6.07, 6.45) is -1.91. The van der Waals surface area contributed by atoms with Crippen molar-refractivity contribution in [2.75, 3.05) is 4.90 Å². The van der Waals surface area contributed by atoms with Crippen molar-refractivity contribution in [3.8, 4) is 11.5 Å². The molecule has 40 heavy (non-hydrogen) atoms. The minimum absolute atomic E-state index is 0.00827. The molecule has 4 aliphatic rings. The van der Waals surface area contributed by atoms with Crippen LogP contribution in [0.1, 0.15) is 31.2 Å². The standard InChI is InChI=1S/C30H22F3NO6/c1-14-11-23(36)21-13-19-17(8-9-18-25(19)29(39)34(28(18)38)15-5-3-2-4-6-15)24(26(21)27(14)37)20-12-16(7-10-22(20)35)40-30(31,32)33/h2-8,10-12,18-19,24-25,35H,9,13H2,1H3/t18-,19+,24+,25-/m0/s1. The molecular weight excluding hydrogens is 527 g/mol. The lowest BCUT2D eigenvalue weighted by molar-refractivity contribution is -0.274. The minimum atomic E-state index is -5.00. The van der Waals surface area contributed by atoms with Gasteiger partial charge < -0.3 is 9.84 Å². The summed E-state index contributed by atoms with van der Waals surface area (Å²) in [7, 11) is 0. The number of hydrogen-bond donors (Lipinski definition) is 1. The van der Waals surface area contributed by atoms with E-state index in [1.165, 1.54) is 13.0 Å². The van der Waals surface area contributed by atoms with Gasteiger partial charge in [0, 0.05) is 28.2 Å². The van der Waals surface area contributed by atoms with Crippen molar-refractivity contribution in [1.82, 2.24) is 0 Å². The lowest BCUT2D eigenvalue weighted by Gasteiger charge is -2.42. The van der Waals surface area contributed by atoms with Crippen LogP contribution in [-0.2, 0) is 19.2 Å². The summed E-state index contributed by atoms with van der Waals surface area (Å²) in [5.74, 6) is -6.11. The molecule has 0 unspecified atom stereocenters. The van der Waals surface area contributed by atoms with Crippen molar-refractivity contribution in [1.29, 1.82) is 0 Å². The lowest BCUT2D eigenvalue weighted by Crippen LogP contribution is -2.39. The number of anilines is 1. The van der Waals surface area contributed by atoms with Gasteiger partial charge in [0.1, 0.15) is 11.5 Å². The van der Waals surface area contributed by atoms with Crippen LogP contribution in [0.3, 0.4) is 0 Å². The average Bonchev–Trinajstić information content (AvgIpc) is 3.16. The number of halogens is 3. The Morgan fingerprint density at radius 1 is 0.975 bits per heavy atom. The van der Waals surface area contributed by atoms with E-state index in [4.69, 9.17) is 0 Å². The number of carbonyl (C=O) groups excluding carboxylic acids is 4. The number of phenols is 1. The van der Waals surface area contributed by atoms with Crippen molar-refractivity contribution >= 4 is 29.1 Å². The molecule has 204 valence electrons. The topological polar surface area (TPSA) is 101 Å². The monoisotopic (exact) mass is 549 g/mol. The Hall–Kier alpha value is -4.47. The second kappa shape index (κ2) is 9.04. The molecule has 10 heteroatoms. The quantitative estimate of drug-likeness (QED) is 0.331. The molecule has 0 bridgehead atoms.